The van der Waals surface area contributed by atoms with Crippen LogP contribution in [0.5, 0.6) is 0 Å². The fraction of sp³-hybridized carbons (Fsp3) is 0.533. The Morgan fingerprint density at radius 1 is 1.48 bits per heavy atom. The van der Waals surface area contributed by atoms with E-state index in [4.69, 9.17) is 4.74 Å². The van der Waals surface area contributed by atoms with E-state index in [1.807, 2.05) is 0 Å². The molecule has 1 aromatic carbocycles. The Balaban J connectivity index is 1.58. The summed E-state index contributed by atoms with van der Waals surface area (Å²) in [5.74, 6) is 0.345. The molecule has 23 heavy (non-hydrogen) atoms. The molecule has 0 spiro atoms. The summed E-state index contributed by atoms with van der Waals surface area (Å²) in [4.78, 5) is 9.60. The van der Waals surface area contributed by atoms with Crippen LogP contribution in [0.15, 0.2) is 29.4 Å². The minimum atomic E-state index is -3.49. The van der Waals surface area contributed by atoms with Crippen molar-refractivity contribution in [3.8, 4) is 0 Å². The van der Waals surface area contributed by atoms with Crippen molar-refractivity contribution in [2.75, 3.05) is 39.9 Å². The van der Waals surface area contributed by atoms with Crippen molar-refractivity contribution < 1.29 is 13.2 Å². The lowest BCUT2D eigenvalue weighted by Gasteiger charge is -2.15. The van der Waals surface area contributed by atoms with Gasteiger partial charge in [-0.05, 0) is 37.1 Å². The van der Waals surface area contributed by atoms with E-state index in [9.17, 15) is 8.42 Å². The maximum absolute atomic E-state index is 12.4. The number of nitrogens with one attached hydrogen (secondary N) is 2. The highest BCUT2D eigenvalue weighted by molar-refractivity contribution is 7.89. The molecule has 8 heteroatoms. The van der Waals surface area contributed by atoms with Crippen LogP contribution in [0.1, 0.15) is 6.42 Å². The number of fused-ring (bicyclic) bond motifs is 1. The zero-order valence-corrected chi connectivity index (χ0v) is 14.0. The van der Waals surface area contributed by atoms with Gasteiger partial charge in [-0.15, -0.1) is 0 Å². The van der Waals surface area contributed by atoms with Crippen molar-refractivity contribution in [3.05, 3.63) is 24.5 Å². The summed E-state index contributed by atoms with van der Waals surface area (Å²) in [6, 6.07) is 4.91. The normalized spacial score (nSPS) is 19.6. The molecule has 2 aromatic rings. The van der Waals surface area contributed by atoms with Crippen LogP contribution in [0.25, 0.3) is 11.0 Å². The molecule has 2 heterocycles. The minimum absolute atomic E-state index is 0.267. The lowest BCUT2D eigenvalue weighted by molar-refractivity contribution is 0.159. The smallest absolute Gasteiger partial charge is 0.240 e. The summed E-state index contributed by atoms with van der Waals surface area (Å²) in [5.41, 5.74) is 1.48. The standard InChI is InChI=1S/C15H22N4O3S/c1-22-7-6-19-5-4-12(10-19)9-18-23(20,21)13-2-3-14-15(8-13)17-11-16-14/h2-3,8,11-12,18H,4-7,9-10H2,1H3,(H,16,17). The van der Waals surface area contributed by atoms with Crippen LogP contribution in [0, 0.1) is 5.92 Å². The Bertz CT molecular complexity index is 759. The quantitative estimate of drug-likeness (QED) is 0.780. The fourth-order valence-corrected chi connectivity index (χ4v) is 4.04. The summed E-state index contributed by atoms with van der Waals surface area (Å²) < 4.78 is 32.7. The van der Waals surface area contributed by atoms with E-state index in [2.05, 4.69) is 19.6 Å². The first-order valence-electron chi connectivity index (χ1n) is 7.72. The van der Waals surface area contributed by atoms with Crippen LogP contribution in [0.3, 0.4) is 0 Å². The average Bonchev–Trinajstić information content (AvgIpc) is 3.19. The van der Waals surface area contributed by atoms with E-state index in [0.717, 1.165) is 37.1 Å². The third kappa shape index (κ3) is 3.89. The molecular weight excluding hydrogens is 316 g/mol. The number of rotatable bonds is 7. The van der Waals surface area contributed by atoms with E-state index in [1.165, 1.54) is 0 Å². The number of H-pyrrole nitrogens is 1. The van der Waals surface area contributed by atoms with Gasteiger partial charge in [-0.1, -0.05) is 0 Å². The molecule has 1 fully saturated rings. The van der Waals surface area contributed by atoms with Crippen molar-refractivity contribution in [2.45, 2.75) is 11.3 Å². The minimum Gasteiger partial charge on any atom is -0.383 e. The highest BCUT2D eigenvalue weighted by atomic mass is 32.2. The van der Waals surface area contributed by atoms with Crippen molar-refractivity contribution in [3.63, 3.8) is 0 Å². The van der Waals surface area contributed by atoms with E-state index < -0.39 is 10.0 Å². The van der Waals surface area contributed by atoms with E-state index in [0.29, 0.717) is 19.1 Å². The third-order valence-electron chi connectivity index (χ3n) is 4.25. The first kappa shape index (κ1) is 16.4. The van der Waals surface area contributed by atoms with Gasteiger partial charge in [-0.3, -0.25) is 0 Å². The molecule has 1 aliphatic heterocycles. The molecule has 1 saturated heterocycles. The molecule has 126 valence electrons. The molecule has 0 aliphatic carbocycles. The fourth-order valence-electron chi connectivity index (χ4n) is 2.90. The Kier molecular flexibility index (Phi) is 4.96. The second kappa shape index (κ2) is 6.96. The first-order valence-corrected chi connectivity index (χ1v) is 9.21. The van der Waals surface area contributed by atoms with Gasteiger partial charge in [0.1, 0.15) is 0 Å². The number of hydrogen-bond acceptors (Lipinski definition) is 5. The molecule has 7 nitrogen and oxygen atoms in total. The predicted octanol–water partition coefficient (Wildman–Crippen LogP) is 0.810. The first-order chi connectivity index (χ1) is 11.1. The zero-order chi connectivity index (χ0) is 16.3. The highest BCUT2D eigenvalue weighted by Gasteiger charge is 2.24. The molecule has 3 rings (SSSR count). The summed E-state index contributed by atoms with van der Waals surface area (Å²) in [6.07, 6.45) is 2.56. The van der Waals surface area contributed by atoms with Crippen LogP contribution in [-0.4, -0.2) is 63.2 Å². The number of aromatic amines is 1. The van der Waals surface area contributed by atoms with Crippen LogP contribution in [0.2, 0.25) is 0 Å². The van der Waals surface area contributed by atoms with Crippen molar-refractivity contribution in [1.29, 1.82) is 0 Å². The molecule has 0 radical (unpaired) electrons. The number of nitrogens with zero attached hydrogens (tertiary/aromatic N) is 2. The number of sulfonamides is 1. The topological polar surface area (TPSA) is 87.3 Å². The Morgan fingerprint density at radius 2 is 2.35 bits per heavy atom. The summed E-state index contributed by atoms with van der Waals surface area (Å²) in [7, 11) is -1.80. The number of imidazole rings is 1. The summed E-state index contributed by atoms with van der Waals surface area (Å²) in [6.45, 7) is 3.98. The number of ether oxygens (including phenoxy) is 1. The molecule has 0 amide bonds. The Hall–Kier alpha value is -1.48. The van der Waals surface area contributed by atoms with Gasteiger partial charge in [0.15, 0.2) is 0 Å². The van der Waals surface area contributed by atoms with E-state index in [-0.39, 0.29) is 4.90 Å². The van der Waals surface area contributed by atoms with Crippen LogP contribution >= 0.6 is 0 Å². The van der Waals surface area contributed by atoms with Gasteiger partial charge in [0.25, 0.3) is 0 Å². The van der Waals surface area contributed by atoms with Gasteiger partial charge < -0.3 is 14.6 Å². The predicted molar refractivity (Wildman–Crippen MR) is 87.7 cm³/mol. The lowest BCUT2D eigenvalue weighted by Crippen LogP contribution is -2.31. The SMILES string of the molecule is COCCN1CCC(CNS(=O)(=O)c2ccc3nc[nH]c3c2)C1. The largest absolute Gasteiger partial charge is 0.383 e. The van der Waals surface area contributed by atoms with Crippen LogP contribution in [0.4, 0.5) is 0 Å². The Labute approximate surface area is 136 Å². The maximum Gasteiger partial charge on any atom is 0.240 e. The monoisotopic (exact) mass is 338 g/mol. The number of methoxy groups -OCH3 is 1. The van der Waals surface area contributed by atoms with Crippen molar-refractivity contribution in [1.82, 2.24) is 19.6 Å². The number of likely N-dealkylation sites (tertiary alicyclic amines) is 1. The third-order valence-corrected chi connectivity index (χ3v) is 5.67. The second-order valence-corrected chi connectivity index (χ2v) is 7.65. The van der Waals surface area contributed by atoms with Crippen molar-refractivity contribution in [2.24, 2.45) is 5.92 Å². The highest BCUT2D eigenvalue weighted by Crippen LogP contribution is 2.18. The van der Waals surface area contributed by atoms with Gasteiger partial charge >= 0.3 is 0 Å². The number of hydrogen-bond donors (Lipinski definition) is 2. The summed E-state index contributed by atoms with van der Waals surface area (Å²) >= 11 is 0. The maximum atomic E-state index is 12.4. The molecular formula is C15H22N4O3S. The van der Waals surface area contributed by atoms with Gasteiger partial charge in [0.05, 0.1) is 28.9 Å². The lowest BCUT2D eigenvalue weighted by atomic mass is 10.1. The average molecular weight is 338 g/mol. The van der Waals surface area contributed by atoms with Gasteiger partial charge in [0.2, 0.25) is 10.0 Å². The zero-order valence-electron chi connectivity index (χ0n) is 13.2. The molecule has 0 saturated carbocycles. The van der Waals surface area contributed by atoms with E-state index >= 15 is 0 Å². The van der Waals surface area contributed by atoms with Gasteiger partial charge in [-0.2, -0.15) is 0 Å². The molecule has 2 N–H and O–H groups in total. The number of benzene rings is 1. The molecule has 1 aliphatic rings. The van der Waals surface area contributed by atoms with Gasteiger partial charge in [0, 0.05) is 26.7 Å². The molecule has 1 aromatic heterocycles. The van der Waals surface area contributed by atoms with E-state index in [1.54, 1.807) is 31.6 Å². The molecule has 1 atom stereocenters. The molecule has 1 unspecified atom stereocenters. The Morgan fingerprint density at radius 3 is 3.17 bits per heavy atom. The van der Waals surface area contributed by atoms with Gasteiger partial charge in [-0.25, -0.2) is 18.1 Å². The van der Waals surface area contributed by atoms with Crippen LogP contribution < -0.4 is 4.72 Å². The second-order valence-electron chi connectivity index (χ2n) is 5.88. The number of aromatic nitrogens is 2. The van der Waals surface area contributed by atoms with Crippen molar-refractivity contribution >= 4 is 21.1 Å². The molecule has 0 bridgehead atoms. The van der Waals surface area contributed by atoms with Crippen LogP contribution in [-0.2, 0) is 14.8 Å². The summed E-state index contributed by atoms with van der Waals surface area (Å²) in [5, 5.41) is 0.